The average molecular weight is 1610 g/mol. The molecule has 0 radical (unpaired) electrons. The zero-order chi connectivity index (χ0) is 82.1. The molecule has 0 aromatic heterocycles. The third kappa shape index (κ3) is 61.2. The molecule has 20 heteroatoms. The molecule has 1 rings (SSSR count). The highest BCUT2D eigenvalue weighted by Crippen LogP contribution is 2.45. The first-order valence-electron chi connectivity index (χ1n) is 47.5. The van der Waals surface area contributed by atoms with Crippen LogP contribution in [0.5, 0.6) is 0 Å². The molecule has 0 aromatic carbocycles. The van der Waals surface area contributed by atoms with Crippen LogP contribution in [0, 0.1) is 0 Å². The van der Waals surface area contributed by atoms with Crippen LogP contribution in [0.3, 0.4) is 0 Å². The summed E-state index contributed by atoms with van der Waals surface area (Å²) in [6.07, 6.45) is 54.0. The Morgan fingerprint density at radius 1 is 0.366 bits per heavy atom. The highest BCUT2D eigenvalue weighted by molar-refractivity contribution is 7.46. The summed E-state index contributed by atoms with van der Waals surface area (Å²) in [4.78, 5) is 107. The molecule has 0 aliphatic carbocycles. The molecule has 1 aliphatic heterocycles. The van der Waals surface area contributed by atoms with Crippen molar-refractivity contribution in [2.24, 2.45) is 0 Å². The first kappa shape index (κ1) is 107. The highest BCUT2D eigenvalue weighted by Gasteiger charge is 2.60. The molecule has 19 nitrogen and oxygen atoms in total. The van der Waals surface area contributed by atoms with Crippen LogP contribution in [0.25, 0.3) is 0 Å². The molecule has 8 atom stereocenters. The Bertz CT molecular complexity index is 2280. The lowest BCUT2D eigenvalue weighted by Crippen LogP contribution is -2.75. The molecular weight excluding hydrogens is 1440 g/mol. The van der Waals surface area contributed by atoms with Crippen LogP contribution in [0.4, 0.5) is 0 Å². The predicted molar refractivity (Wildman–Crippen MR) is 456 cm³/mol. The van der Waals surface area contributed by atoms with Gasteiger partial charge in [-0.1, -0.05) is 388 Å². The van der Waals surface area contributed by atoms with Crippen LogP contribution in [0.1, 0.15) is 491 Å². The van der Waals surface area contributed by atoms with E-state index in [1.54, 1.807) is 0 Å². The number of aliphatic hydroxyl groups excluding tert-OH is 2. The molecule has 0 saturated carbocycles. The molecule has 0 spiro atoms. The quantitative estimate of drug-likeness (QED) is 0.0143. The second-order valence-corrected chi connectivity index (χ2v) is 34.7. The van der Waals surface area contributed by atoms with Crippen LogP contribution < -0.4 is 10.6 Å². The van der Waals surface area contributed by atoms with E-state index in [0.29, 0.717) is 51.4 Å². The molecule has 1 aliphatic rings. The molecule has 0 unspecified atom stereocenters. The van der Waals surface area contributed by atoms with E-state index in [0.717, 1.165) is 180 Å². The van der Waals surface area contributed by atoms with Crippen molar-refractivity contribution in [1.82, 2.24) is 10.6 Å². The van der Waals surface area contributed by atoms with Crippen molar-refractivity contribution in [1.29, 1.82) is 0 Å². The van der Waals surface area contributed by atoms with Gasteiger partial charge in [0.05, 0.1) is 25.9 Å². The van der Waals surface area contributed by atoms with Gasteiger partial charge in [0.1, 0.15) is 36.1 Å². The van der Waals surface area contributed by atoms with Crippen LogP contribution in [0.2, 0.25) is 0 Å². The third-order valence-electron chi connectivity index (χ3n) is 22.8. The van der Waals surface area contributed by atoms with Gasteiger partial charge < -0.3 is 54.3 Å². The van der Waals surface area contributed by atoms with E-state index in [1.165, 1.54) is 173 Å². The lowest BCUT2D eigenvalue weighted by molar-refractivity contribution is -0.285. The number of nitrogens with one attached hydrogen (secondary N) is 2. The summed E-state index contributed by atoms with van der Waals surface area (Å²) in [5, 5.41) is 29.3. The lowest BCUT2D eigenvalue weighted by atomic mass is 9.79. The summed E-state index contributed by atoms with van der Waals surface area (Å²) in [5.41, 5.74) is -2.40. The molecule has 1 saturated heterocycles. The van der Waals surface area contributed by atoms with Gasteiger partial charge in [-0.25, -0.2) is 4.57 Å². The first-order valence-corrected chi connectivity index (χ1v) is 49.0. The number of hydrogen-bond acceptors (Lipinski definition) is 15. The third-order valence-corrected chi connectivity index (χ3v) is 23.3. The summed E-state index contributed by atoms with van der Waals surface area (Å²) in [7, 11) is -5.60. The van der Waals surface area contributed by atoms with E-state index < -0.39 is 112 Å². The molecule has 660 valence electrons. The Kier molecular flexibility index (Phi) is 71.8. The predicted octanol–water partition coefficient (Wildman–Crippen LogP) is 24.2. The normalized spacial score (nSPS) is 17.3. The molecule has 1 heterocycles. The minimum absolute atomic E-state index is 0.139. The summed E-state index contributed by atoms with van der Waals surface area (Å²) in [5.74, 6) is -3.66. The van der Waals surface area contributed by atoms with E-state index in [-0.39, 0.29) is 38.2 Å². The second kappa shape index (κ2) is 75.3. The van der Waals surface area contributed by atoms with E-state index in [1.807, 2.05) is 0 Å². The van der Waals surface area contributed by atoms with Crippen molar-refractivity contribution in [2.75, 3.05) is 13.2 Å². The van der Waals surface area contributed by atoms with Crippen LogP contribution >= 0.6 is 7.82 Å². The molecule has 112 heavy (non-hydrogen) atoms. The average Bonchev–Trinajstić information content (AvgIpc) is 0.745. The molecule has 2 amide bonds. The van der Waals surface area contributed by atoms with Crippen molar-refractivity contribution in [3.63, 3.8) is 0 Å². The Morgan fingerprint density at radius 3 is 0.902 bits per heavy atom. The topological polar surface area (TPSA) is 280 Å². The minimum Gasteiger partial charge on any atom is -0.462 e. The maximum atomic E-state index is 15.2. The number of carbonyl (C=O) groups excluding carboxylic acids is 6. The van der Waals surface area contributed by atoms with E-state index in [2.05, 4.69) is 52.2 Å². The van der Waals surface area contributed by atoms with Crippen LogP contribution in [-0.2, 0) is 61.5 Å². The van der Waals surface area contributed by atoms with Gasteiger partial charge in [-0.2, -0.15) is 0 Å². The SMILES string of the molecule is CCCCCCCCCCCCCC(=O)O[C@H](CCCCCCCCCCC)CC(=O)NCC[C@]1(NC(=O)C[C@@H](CCCCCCCCCCC)OC(=O)CCCCCCCCCCCCC)[C@H](O)O[C@H](CO)[C@@H](OP(=O)(O)O)[C@@H]1OC(=O)C[C@@H](CCCCCCCCCCC)OC(=O)CCCCCCCCCCCCC. The fourth-order valence-corrected chi connectivity index (χ4v) is 16.4. The standard InChI is InChI=1S/C92H175N2O17P/c1-7-13-19-25-31-37-40-46-52-58-64-70-85(98)106-79(67-61-55-49-43-34-28-22-16-10-4)75-83(96)93-74-73-92(94-84(97)76-80(68-62-56-50-44-35-29-23-17-11-5)107-86(99)71-65-59-53-47-41-38-32-26-20-14-8-2)90(89(111-112(103,104)105)82(78-95)109-91(92)102)110-88(101)77-81(69-63-57-51-45-36-30-24-18-12-6)108-87(100)72-66-60-54-48-42-39-33-27-21-15-9-3/h79-82,89-91,95,102H,7-78H2,1-6H3,(H,93,96)(H,94,97)(H2,103,104,105)/t79-,80-,81-,82-,89-,90+,91-,92-/m1/s1. The number of ether oxygens (including phenoxy) is 5. The van der Waals surface area contributed by atoms with Crippen molar-refractivity contribution < 1.29 is 81.5 Å². The largest absolute Gasteiger partial charge is 0.470 e. The lowest BCUT2D eigenvalue weighted by Gasteiger charge is -2.51. The fourth-order valence-electron chi connectivity index (χ4n) is 15.8. The van der Waals surface area contributed by atoms with Crippen molar-refractivity contribution >= 4 is 43.5 Å². The molecule has 6 N–H and O–H groups in total. The number of aliphatic hydroxyl groups is 2. The van der Waals surface area contributed by atoms with Gasteiger partial charge in [0.15, 0.2) is 12.4 Å². The summed E-state index contributed by atoms with van der Waals surface area (Å²) in [6.45, 7) is 11.9. The monoisotopic (exact) mass is 1610 g/mol. The van der Waals surface area contributed by atoms with E-state index in [9.17, 15) is 43.7 Å². The van der Waals surface area contributed by atoms with Crippen molar-refractivity contribution in [3.05, 3.63) is 0 Å². The summed E-state index contributed by atoms with van der Waals surface area (Å²) >= 11 is 0. The Morgan fingerprint density at radius 2 is 0.625 bits per heavy atom. The highest BCUT2D eigenvalue weighted by atomic mass is 31.2. The number of carbonyl (C=O) groups is 6. The van der Waals surface area contributed by atoms with E-state index >= 15 is 9.59 Å². The van der Waals surface area contributed by atoms with E-state index in [4.69, 9.17) is 28.2 Å². The van der Waals surface area contributed by atoms with Crippen LogP contribution in [0.15, 0.2) is 0 Å². The van der Waals surface area contributed by atoms with Crippen molar-refractivity contribution in [3.8, 4) is 0 Å². The molecule has 0 bridgehead atoms. The number of unbranched alkanes of at least 4 members (excludes halogenated alkanes) is 54. The van der Waals surface area contributed by atoms with Gasteiger partial charge in [-0.05, 0) is 64.2 Å². The van der Waals surface area contributed by atoms with Gasteiger partial charge in [-0.15, -0.1) is 0 Å². The molecular formula is C92H175N2O17P. The van der Waals surface area contributed by atoms with Gasteiger partial charge >= 0.3 is 31.7 Å². The number of rotatable bonds is 83. The second-order valence-electron chi connectivity index (χ2n) is 33.5. The zero-order valence-corrected chi connectivity index (χ0v) is 73.9. The zero-order valence-electron chi connectivity index (χ0n) is 73.0. The Labute approximate surface area is 684 Å². The Hall–Kier alpha value is -3.19. The van der Waals surface area contributed by atoms with Gasteiger partial charge in [0, 0.05) is 25.8 Å². The number of amides is 2. The summed E-state index contributed by atoms with van der Waals surface area (Å²) < 4.78 is 49.5. The first-order chi connectivity index (χ1) is 54.4. The minimum atomic E-state index is -5.60. The Balaban J connectivity index is 3.88. The van der Waals surface area contributed by atoms with Gasteiger partial charge in [0.2, 0.25) is 11.8 Å². The van der Waals surface area contributed by atoms with Gasteiger partial charge in [-0.3, -0.25) is 33.3 Å². The summed E-state index contributed by atoms with van der Waals surface area (Å²) in [6, 6.07) is 0. The van der Waals surface area contributed by atoms with Crippen LogP contribution in [-0.4, -0.2) is 117 Å². The fraction of sp³-hybridized carbons (Fsp3) is 0.935. The van der Waals surface area contributed by atoms with Gasteiger partial charge in [0.25, 0.3) is 0 Å². The molecule has 0 aromatic rings. The maximum absolute atomic E-state index is 15.2. The number of phosphoric acid groups is 1. The van der Waals surface area contributed by atoms with Crippen molar-refractivity contribution in [2.45, 2.75) is 539 Å². The number of phosphoric ester groups is 1. The molecule has 1 fully saturated rings. The maximum Gasteiger partial charge on any atom is 0.470 e. The number of hydrogen-bond donors (Lipinski definition) is 6. The smallest absolute Gasteiger partial charge is 0.462 e. The number of esters is 4.